The maximum absolute atomic E-state index is 4.07. The Morgan fingerprint density at radius 1 is 0.711 bits per heavy atom. The normalized spacial score (nSPS) is 28.9. The molecule has 4 rings (SSSR count). The lowest BCUT2D eigenvalue weighted by Gasteiger charge is -2.25. The summed E-state index contributed by atoms with van der Waals surface area (Å²) < 4.78 is 0. The third-order valence-corrected chi connectivity index (χ3v) is 8.92. The highest BCUT2D eigenvalue weighted by Crippen LogP contribution is 2.64. The molecule has 2 aromatic rings. The fourth-order valence-electron chi connectivity index (χ4n) is 6.86. The minimum absolute atomic E-state index is 0.154. The molecule has 0 saturated heterocycles. The first-order valence-electron chi connectivity index (χ1n) is 15.1. The van der Waals surface area contributed by atoms with Crippen molar-refractivity contribution in [2.45, 2.75) is 108 Å². The van der Waals surface area contributed by atoms with Crippen molar-refractivity contribution in [1.29, 1.82) is 0 Å². The van der Waals surface area contributed by atoms with Gasteiger partial charge in [-0.2, -0.15) is 0 Å². The first kappa shape index (κ1) is 29.3. The molecule has 0 aromatic heterocycles. The van der Waals surface area contributed by atoms with Gasteiger partial charge in [0.25, 0.3) is 0 Å². The van der Waals surface area contributed by atoms with Gasteiger partial charge >= 0.3 is 0 Å². The molecule has 2 aliphatic carbocycles. The number of rotatable bonds is 14. The average Bonchev–Trinajstić information content (AvgIpc) is 3.76. The van der Waals surface area contributed by atoms with E-state index in [1.165, 1.54) is 36.8 Å². The van der Waals surface area contributed by atoms with Crippen molar-refractivity contribution in [2.75, 3.05) is 26.2 Å². The largest absolute Gasteiger partial charge is 0.311 e. The maximum Gasteiger partial charge on any atom is 0.0285 e. The second-order valence-electron chi connectivity index (χ2n) is 14.0. The van der Waals surface area contributed by atoms with E-state index in [0.29, 0.717) is 17.8 Å². The predicted molar refractivity (Wildman–Crippen MR) is 163 cm³/mol. The van der Waals surface area contributed by atoms with Gasteiger partial charge in [0.05, 0.1) is 0 Å². The van der Waals surface area contributed by atoms with Crippen molar-refractivity contribution in [3.63, 3.8) is 0 Å². The maximum atomic E-state index is 4.07. The van der Waals surface area contributed by atoms with E-state index in [-0.39, 0.29) is 22.2 Å². The van der Waals surface area contributed by atoms with Gasteiger partial charge in [-0.3, -0.25) is 0 Å². The Morgan fingerprint density at radius 2 is 1.24 bits per heavy atom. The van der Waals surface area contributed by atoms with Crippen molar-refractivity contribution in [2.24, 2.45) is 5.92 Å². The fourth-order valence-corrected chi connectivity index (χ4v) is 6.86. The fraction of sp³-hybridized carbons (Fsp3) is 0.647. The standard InChI is InChI=1S/C34H54N4/c1-8-34(38-24-22-36-32(5,6)7)28(30(34)27-17-13-10-14-18-27)19-20-33(37-23-21-35-31(2,3)4)25-29(33)26-15-11-9-12-16-26/h9-18,28-30,35-38H,8,19-25H2,1-7H3/t28?,29?,30-,33-,34-/m1/s1. The summed E-state index contributed by atoms with van der Waals surface area (Å²) in [4.78, 5) is 0. The molecule has 0 radical (unpaired) electrons. The number of hydrogen-bond donors (Lipinski definition) is 4. The van der Waals surface area contributed by atoms with Gasteiger partial charge in [0.1, 0.15) is 0 Å². The Hall–Kier alpha value is -1.72. The predicted octanol–water partition coefficient (Wildman–Crippen LogP) is 6.21. The summed E-state index contributed by atoms with van der Waals surface area (Å²) in [6.45, 7) is 19.9. The van der Waals surface area contributed by atoms with Crippen LogP contribution in [-0.2, 0) is 0 Å². The number of benzene rings is 2. The molecular formula is C34H54N4. The van der Waals surface area contributed by atoms with Gasteiger partial charge in [-0.05, 0) is 84.3 Å². The zero-order valence-corrected chi connectivity index (χ0v) is 25.2. The summed E-state index contributed by atoms with van der Waals surface area (Å²) in [7, 11) is 0. The van der Waals surface area contributed by atoms with Crippen LogP contribution in [0.2, 0.25) is 0 Å². The van der Waals surface area contributed by atoms with E-state index in [1.807, 2.05) is 0 Å². The van der Waals surface area contributed by atoms with Crippen LogP contribution in [0.5, 0.6) is 0 Å². The summed E-state index contributed by atoms with van der Waals surface area (Å²) in [6.07, 6.45) is 4.91. The van der Waals surface area contributed by atoms with E-state index in [0.717, 1.165) is 26.2 Å². The second-order valence-corrected chi connectivity index (χ2v) is 14.0. The van der Waals surface area contributed by atoms with Gasteiger partial charge in [-0.1, -0.05) is 67.6 Å². The molecule has 5 atom stereocenters. The highest BCUT2D eigenvalue weighted by Gasteiger charge is 2.64. The lowest BCUT2D eigenvalue weighted by molar-refractivity contribution is 0.362. The van der Waals surface area contributed by atoms with Gasteiger partial charge in [0, 0.05) is 60.2 Å². The Morgan fingerprint density at radius 3 is 1.76 bits per heavy atom. The van der Waals surface area contributed by atoms with Gasteiger partial charge in [-0.15, -0.1) is 0 Å². The average molecular weight is 519 g/mol. The molecule has 2 aliphatic rings. The molecule has 0 heterocycles. The van der Waals surface area contributed by atoms with Gasteiger partial charge in [-0.25, -0.2) is 0 Å². The highest BCUT2D eigenvalue weighted by molar-refractivity contribution is 5.38. The van der Waals surface area contributed by atoms with E-state index in [4.69, 9.17) is 0 Å². The van der Waals surface area contributed by atoms with Gasteiger partial charge < -0.3 is 21.3 Å². The van der Waals surface area contributed by atoms with E-state index >= 15 is 0 Å². The molecule has 38 heavy (non-hydrogen) atoms. The van der Waals surface area contributed by atoms with Crippen LogP contribution in [0.3, 0.4) is 0 Å². The minimum Gasteiger partial charge on any atom is -0.311 e. The first-order valence-corrected chi connectivity index (χ1v) is 15.1. The third-order valence-electron chi connectivity index (χ3n) is 8.92. The van der Waals surface area contributed by atoms with E-state index < -0.39 is 0 Å². The smallest absolute Gasteiger partial charge is 0.0285 e. The molecule has 2 unspecified atom stereocenters. The van der Waals surface area contributed by atoms with Crippen LogP contribution in [0.25, 0.3) is 0 Å². The van der Waals surface area contributed by atoms with Crippen LogP contribution in [-0.4, -0.2) is 48.3 Å². The molecule has 4 N–H and O–H groups in total. The molecule has 2 fully saturated rings. The Labute approximate surface area is 233 Å². The molecule has 210 valence electrons. The monoisotopic (exact) mass is 518 g/mol. The van der Waals surface area contributed by atoms with Crippen molar-refractivity contribution in [1.82, 2.24) is 21.3 Å². The van der Waals surface area contributed by atoms with E-state index in [1.54, 1.807) is 0 Å². The SMILES string of the molecule is CC[C@@]1(NCCNC(C)(C)C)C(CC[C@@]2(NCCNC(C)(C)C)CC2c2ccccc2)[C@H]1c1ccccc1. The van der Waals surface area contributed by atoms with Crippen LogP contribution in [0, 0.1) is 5.92 Å². The van der Waals surface area contributed by atoms with Crippen molar-refractivity contribution in [3.8, 4) is 0 Å². The summed E-state index contributed by atoms with van der Waals surface area (Å²) >= 11 is 0. The lowest BCUT2D eigenvalue weighted by atomic mass is 9.98. The summed E-state index contributed by atoms with van der Waals surface area (Å²) in [6, 6.07) is 22.4. The molecule has 2 aromatic carbocycles. The van der Waals surface area contributed by atoms with Crippen molar-refractivity contribution in [3.05, 3.63) is 71.8 Å². The van der Waals surface area contributed by atoms with Crippen LogP contribution >= 0.6 is 0 Å². The molecule has 4 nitrogen and oxygen atoms in total. The first-order chi connectivity index (χ1) is 18.0. The summed E-state index contributed by atoms with van der Waals surface area (Å²) in [5, 5.41) is 15.4. The molecular weight excluding hydrogens is 464 g/mol. The summed E-state index contributed by atoms with van der Waals surface area (Å²) in [5.41, 5.74) is 3.73. The molecule has 2 saturated carbocycles. The Bertz CT molecular complexity index is 993. The van der Waals surface area contributed by atoms with Crippen LogP contribution in [0.4, 0.5) is 0 Å². The quantitative estimate of drug-likeness (QED) is 0.225. The van der Waals surface area contributed by atoms with Crippen molar-refractivity contribution >= 4 is 0 Å². The summed E-state index contributed by atoms with van der Waals surface area (Å²) in [5.74, 6) is 1.89. The molecule has 0 spiro atoms. The van der Waals surface area contributed by atoms with Gasteiger partial charge in [0.2, 0.25) is 0 Å². The van der Waals surface area contributed by atoms with E-state index in [9.17, 15) is 0 Å². The third kappa shape index (κ3) is 7.27. The minimum atomic E-state index is 0.154. The topological polar surface area (TPSA) is 48.1 Å². The zero-order chi connectivity index (χ0) is 27.4. The number of nitrogens with one attached hydrogen (secondary N) is 4. The molecule has 0 bridgehead atoms. The Kier molecular flexibility index (Phi) is 9.09. The molecule has 0 amide bonds. The number of hydrogen-bond acceptors (Lipinski definition) is 4. The van der Waals surface area contributed by atoms with Crippen molar-refractivity contribution < 1.29 is 0 Å². The molecule has 4 heteroatoms. The van der Waals surface area contributed by atoms with Gasteiger partial charge in [0.15, 0.2) is 0 Å². The Balaban J connectivity index is 1.45. The highest BCUT2D eigenvalue weighted by atomic mass is 15.1. The van der Waals surface area contributed by atoms with Crippen LogP contribution < -0.4 is 21.3 Å². The van der Waals surface area contributed by atoms with E-state index in [2.05, 4.69) is 130 Å². The zero-order valence-electron chi connectivity index (χ0n) is 25.2. The van der Waals surface area contributed by atoms with Crippen LogP contribution in [0.1, 0.15) is 97.1 Å². The molecule has 0 aliphatic heterocycles. The second kappa shape index (κ2) is 11.8. The van der Waals surface area contributed by atoms with Crippen LogP contribution in [0.15, 0.2) is 60.7 Å². The lowest BCUT2D eigenvalue weighted by Crippen LogP contribution is -2.44.